The van der Waals surface area contributed by atoms with Crippen LogP contribution in [0.5, 0.6) is 0 Å². The fourth-order valence-corrected chi connectivity index (χ4v) is 1.13. The van der Waals surface area contributed by atoms with Gasteiger partial charge < -0.3 is 0 Å². The maximum Gasteiger partial charge on any atom is 0.115 e. The molecule has 1 unspecified atom stereocenters. The zero-order chi connectivity index (χ0) is 8.81. The van der Waals surface area contributed by atoms with Crippen LogP contribution in [-0.2, 0) is 11.5 Å². The minimum absolute atomic E-state index is 0.588. The van der Waals surface area contributed by atoms with Crippen LogP contribution in [0.4, 0.5) is 0 Å². The molecule has 1 atom stereocenters. The third kappa shape index (κ3) is 2.89. The minimum atomic E-state index is -0.600. The molecular formula is C11H13O. The summed E-state index contributed by atoms with van der Waals surface area (Å²) in [6.07, 6.45) is 3.48. The molecule has 1 nitrogen and oxygen atoms in total. The van der Waals surface area contributed by atoms with Gasteiger partial charge >= 0.3 is 0 Å². The lowest BCUT2D eigenvalue weighted by Crippen LogP contribution is -2.03. The van der Waals surface area contributed by atoms with Crippen LogP contribution < -0.4 is 0 Å². The van der Waals surface area contributed by atoms with Crippen molar-refractivity contribution in [2.75, 3.05) is 0 Å². The van der Waals surface area contributed by atoms with Crippen molar-refractivity contribution in [2.24, 2.45) is 0 Å². The van der Waals surface area contributed by atoms with Crippen LogP contribution in [0.25, 0.3) is 0 Å². The fourth-order valence-electron chi connectivity index (χ4n) is 1.13. The molecule has 0 bridgehead atoms. The standard InChI is InChI=1S/C11H13O/c1-2-6-11(12)9-10-7-4-3-5-8-10/h2-8,11H,9H2,1H3. The SMILES string of the molecule is CC=CC([O])Cc1ccccc1. The van der Waals surface area contributed by atoms with E-state index in [4.69, 9.17) is 0 Å². The lowest BCUT2D eigenvalue weighted by Gasteiger charge is -2.01. The van der Waals surface area contributed by atoms with Crippen LogP contribution in [0.1, 0.15) is 12.5 Å². The first-order valence-corrected chi connectivity index (χ1v) is 4.15. The lowest BCUT2D eigenvalue weighted by atomic mass is 10.1. The van der Waals surface area contributed by atoms with E-state index in [2.05, 4.69) is 0 Å². The Balaban J connectivity index is 2.52. The highest BCUT2D eigenvalue weighted by Crippen LogP contribution is 2.03. The van der Waals surface area contributed by atoms with E-state index in [1.807, 2.05) is 37.3 Å². The molecule has 0 fully saturated rings. The number of benzene rings is 1. The van der Waals surface area contributed by atoms with Crippen molar-refractivity contribution in [3.05, 3.63) is 48.0 Å². The summed E-state index contributed by atoms with van der Waals surface area (Å²) in [5, 5.41) is 11.2. The first-order valence-electron chi connectivity index (χ1n) is 4.15. The second-order valence-corrected chi connectivity index (χ2v) is 2.75. The molecule has 63 valence electrons. The van der Waals surface area contributed by atoms with Gasteiger partial charge in [-0.15, -0.1) is 0 Å². The van der Waals surface area contributed by atoms with Crippen LogP contribution in [-0.4, -0.2) is 6.10 Å². The molecule has 0 aromatic heterocycles. The highest BCUT2D eigenvalue weighted by Gasteiger charge is 2.00. The zero-order valence-electron chi connectivity index (χ0n) is 7.23. The van der Waals surface area contributed by atoms with Gasteiger partial charge in [0.15, 0.2) is 0 Å². The molecule has 0 aliphatic rings. The van der Waals surface area contributed by atoms with Gasteiger partial charge in [-0.05, 0) is 12.5 Å². The minimum Gasteiger partial charge on any atom is -0.228 e. The molecule has 0 heterocycles. The van der Waals surface area contributed by atoms with E-state index in [1.54, 1.807) is 12.2 Å². The van der Waals surface area contributed by atoms with Crippen molar-refractivity contribution in [2.45, 2.75) is 19.4 Å². The second kappa shape index (κ2) is 4.73. The van der Waals surface area contributed by atoms with Crippen LogP contribution in [0.3, 0.4) is 0 Å². The van der Waals surface area contributed by atoms with E-state index in [0.717, 1.165) is 5.56 Å². The Morgan fingerprint density at radius 3 is 2.58 bits per heavy atom. The number of hydrogen-bond donors (Lipinski definition) is 0. The molecule has 0 saturated carbocycles. The van der Waals surface area contributed by atoms with Gasteiger partial charge in [0, 0.05) is 6.42 Å². The predicted octanol–water partition coefficient (Wildman–Crippen LogP) is 2.60. The average molecular weight is 161 g/mol. The van der Waals surface area contributed by atoms with Gasteiger partial charge in [0.2, 0.25) is 0 Å². The van der Waals surface area contributed by atoms with Crippen molar-refractivity contribution in [1.82, 2.24) is 0 Å². The molecule has 0 amide bonds. The van der Waals surface area contributed by atoms with Crippen molar-refractivity contribution in [3.63, 3.8) is 0 Å². The molecule has 1 aromatic carbocycles. The molecule has 1 heteroatoms. The summed E-state index contributed by atoms with van der Waals surface area (Å²) in [6.45, 7) is 1.87. The Kier molecular flexibility index (Phi) is 3.55. The fraction of sp³-hybridized carbons (Fsp3) is 0.273. The Hall–Kier alpha value is -1.08. The summed E-state index contributed by atoms with van der Waals surface area (Å²) in [7, 11) is 0. The number of hydrogen-bond acceptors (Lipinski definition) is 0. The highest BCUT2D eigenvalue weighted by molar-refractivity contribution is 5.16. The Labute approximate surface area is 73.4 Å². The van der Waals surface area contributed by atoms with Crippen LogP contribution in [0, 0.1) is 0 Å². The van der Waals surface area contributed by atoms with Gasteiger partial charge in [-0.2, -0.15) is 0 Å². The van der Waals surface area contributed by atoms with E-state index in [9.17, 15) is 5.11 Å². The molecule has 12 heavy (non-hydrogen) atoms. The van der Waals surface area contributed by atoms with Gasteiger partial charge in [-0.25, -0.2) is 5.11 Å². The molecule has 0 aliphatic heterocycles. The van der Waals surface area contributed by atoms with Gasteiger partial charge in [0.1, 0.15) is 6.10 Å². The Bertz CT molecular complexity index is 238. The van der Waals surface area contributed by atoms with E-state index in [0.29, 0.717) is 6.42 Å². The highest BCUT2D eigenvalue weighted by atomic mass is 16.3. The van der Waals surface area contributed by atoms with E-state index < -0.39 is 6.10 Å². The summed E-state index contributed by atoms with van der Waals surface area (Å²) in [6, 6.07) is 9.83. The maximum atomic E-state index is 11.2. The zero-order valence-corrected chi connectivity index (χ0v) is 7.23. The predicted molar refractivity (Wildman–Crippen MR) is 49.4 cm³/mol. The van der Waals surface area contributed by atoms with Gasteiger partial charge in [-0.1, -0.05) is 42.5 Å². The molecule has 0 N–H and O–H groups in total. The van der Waals surface area contributed by atoms with Crippen LogP contribution in [0.2, 0.25) is 0 Å². The molecule has 0 saturated heterocycles. The third-order valence-corrected chi connectivity index (χ3v) is 1.69. The monoisotopic (exact) mass is 161 g/mol. The first-order chi connectivity index (χ1) is 5.83. The van der Waals surface area contributed by atoms with Crippen molar-refractivity contribution in [1.29, 1.82) is 0 Å². The second-order valence-electron chi connectivity index (χ2n) is 2.75. The summed E-state index contributed by atoms with van der Waals surface area (Å²) in [4.78, 5) is 0. The third-order valence-electron chi connectivity index (χ3n) is 1.69. The average Bonchev–Trinajstić information content (AvgIpc) is 2.06. The van der Waals surface area contributed by atoms with Gasteiger partial charge in [-0.3, -0.25) is 0 Å². The quantitative estimate of drug-likeness (QED) is 0.607. The van der Waals surface area contributed by atoms with E-state index in [-0.39, 0.29) is 0 Å². The van der Waals surface area contributed by atoms with Crippen LogP contribution in [0.15, 0.2) is 42.5 Å². The van der Waals surface area contributed by atoms with Gasteiger partial charge in [0.25, 0.3) is 0 Å². The molecule has 0 spiro atoms. The van der Waals surface area contributed by atoms with Crippen molar-refractivity contribution >= 4 is 0 Å². The van der Waals surface area contributed by atoms with Crippen molar-refractivity contribution in [3.8, 4) is 0 Å². The lowest BCUT2D eigenvalue weighted by molar-refractivity contribution is 0.130. The normalized spacial score (nSPS) is 13.5. The summed E-state index contributed by atoms with van der Waals surface area (Å²) >= 11 is 0. The molecule has 1 radical (unpaired) electrons. The maximum absolute atomic E-state index is 11.2. The summed E-state index contributed by atoms with van der Waals surface area (Å²) in [5.74, 6) is 0. The first kappa shape index (κ1) is 9.01. The summed E-state index contributed by atoms with van der Waals surface area (Å²) in [5.41, 5.74) is 1.11. The molecule has 1 rings (SSSR count). The van der Waals surface area contributed by atoms with Gasteiger partial charge in [0.05, 0.1) is 0 Å². The smallest absolute Gasteiger partial charge is 0.115 e. The number of rotatable bonds is 3. The molecule has 0 aliphatic carbocycles. The molecule has 1 aromatic rings. The molecular weight excluding hydrogens is 148 g/mol. The van der Waals surface area contributed by atoms with E-state index >= 15 is 0 Å². The van der Waals surface area contributed by atoms with Crippen LogP contribution >= 0.6 is 0 Å². The van der Waals surface area contributed by atoms with E-state index in [1.165, 1.54) is 0 Å². The number of allylic oxidation sites excluding steroid dienone is 1. The summed E-state index contributed by atoms with van der Waals surface area (Å²) < 4.78 is 0. The Morgan fingerprint density at radius 1 is 1.33 bits per heavy atom. The van der Waals surface area contributed by atoms with Crippen molar-refractivity contribution < 1.29 is 5.11 Å². The largest absolute Gasteiger partial charge is 0.228 e. The topological polar surface area (TPSA) is 19.9 Å². The Morgan fingerprint density at radius 2 is 2.00 bits per heavy atom.